The highest BCUT2D eigenvalue weighted by Crippen LogP contribution is 2.22. The van der Waals surface area contributed by atoms with Crippen LogP contribution in [-0.2, 0) is 0 Å². The summed E-state index contributed by atoms with van der Waals surface area (Å²) in [6.07, 6.45) is 2.75. The monoisotopic (exact) mass is 273 g/mol. The first-order chi connectivity index (χ1) is 9.65. The number of hydrogen-bond donors (Lipinski definition) is 2. The number of fused-ring (bicyclic) bond motifs is 1. The Morgan fingerprint density at radius 3 is 3.15 bits per heavy atom. The number of likely N-dealkylation sites (tertiary alicyclic amines) is 1. The zero-order chi connectivity index (χ0) is 14.1. The summed E-state index contributed by atoms with van der Waals surface area (Å²) in [5.74, 6) is 0. The van der Waals surface area contributed by atoms with Gasteiger partial charge in [-0.15, -0.1) is 0 Å². The van der Waals surface area contributed by atoms with Crippen LogP contribution in [0.1, 0.15) is 6.42 Å². The lowest BCUT2D eigenvalue weighted by Crippen LogP contribution is -2.41. The third-order valence-corrected chi connectivity index (χ3v) is 3.96. The molecule has 1 saturated heterocycles. The second kappa shape index (κ2) is 5.13. The van der Waals surface area contributed by atoms with E-state index in [1.165, 1.54) is 0 Å². The summed E-state index contributed by atoms with van der Waals surface area (Å²) >= 11 is 0. The van der Waals surface area contributed by atoms with Crippen molar-refractivity contribution in [2.45, 2.75) is 12.5 Å². The fourth-order valence-corrected chi connectivity index (χ4v) is 2.67. The summed E-state index contributed by atoms with van der Waals surface area (Å²) in [4.78, 5) is 16.4. The normalized spacial score (nSPS) is 19.4. The number of nitrogens with one attached hydrogen (secondary N) is 2. The van der Waals surface area contributed by atoms with E-state index in [2.05, 4.69) is 27.5 Å². The number of rotatable bonds is 2. The smallest absolute Gasteiger partial charge is 0.321 e. The third-order valence-electron chi connectivity index (χ3n) is 3.96. The van der Waals surface area contributed by atoms with Crippen molar-refractivity contribution < 1.29 is 4.79 Å². The van der Waals surface area contributed by atoms with Crippen LogP contribution in [0.15, 0.2) is 24.4 Å². The van der Waals surface area contributed by atoms with Crippen molar-refractivity contribution in [3.05, 3.63) is 24.4 Å². The molecular formula is C14H19N5O. The molecule has 2 amide bonds. The van der Waals surface area contributed by atoms with E-state index in [0.29, 0.717) is 0 Å². The number of amides is 2. The molecule has 1 atom stereocenters. The van der Waals surface area contributed by atoms with E-state index in [1.807, 2.05) is 25.2 Å². The fraction of sp³-hybridized carbons (Fsp3) is 0.429. The number of carbonyl (C=O) groups excluding carboxylic acids is 1. The number of aromatic nitrogens is 2. The molecule has 0 saturated carbocycles. The van der Waals surface area contributed by atoms with Crippen LogP contribution in [0.25, 0.3) is 10.9 Å². The van der Waals surface area contributed by atoms with Gasteiger partial charge in [0.15, 0.2) is 0 Å². The lowest BCUT2D eigenvalue weighted by atomic mass is 10.2. The predicted octanol–water partition coefficient (Wildman–Crippen LogP) is 1.73. The van der Waals surface area contributed by atoms with E-state index in [-0.39, 0.29) is 12.1 Å². The van der Waals surface area contributed by atoms with Crippen LogP contribution in [0.5, 0.6) is 0 Å². The molecule has 0 bridgehead atoms. The summed E-state index contributed by atoms with van der Waals surface area (Å²) < 4.78 is 0. The molecule has 1 unspecified atom stereocenters. The van der Waals surface area contributed by atoms with Gasteiger partial charge in [-0.25, -0.2) is 4.79 Å². The fourth-order valence-electron chi connectivity index (χ4n) is 2.67. The molecule has 1 aromatic heterocycles. The zero-order valence-corrected chi connectivity index (χ0v) is 11.8. The minimum absolute atomic E-state index is 0.0704. The Labute approximate surface area is 117 Å². The van der Waals surface area contributed by atoms with Gasteiger partial charge in [0.05, 0.1) is 17.4 Å². The van der Waals surface area contributed by atoms with Gasteiger partial charge in [0.2, 0.25) is 0 Å². The molecule has 6 heteroatoms. The molecule has 2 heterocycles. The van der Waals surface area contributed by atoms with Crippen LogP contribution in [0.4, 0.5) is 10.5 Å². The Kier molecular flexibility index (Phi) is 3.31. The van der Waals surface area contributed by atoms with Crippen molar-refractivity contribution >= 4 is 22.6 Å². The molecule has 3 rings (SSSR count). The van der Waals surface area contributed by atoms with Crippen molar-refractivity contribution in [3.63, 3.8) is 0 Å². The first kappa shape index (κ1) is 12.9. The van der Waals surface area contributed by atoms with Gasteiger partial charge in [0.25, 0.3) is 0 Å². The highest BCUT2D eigenvalue weighted by molar-refractivity contribution is 6.00. The van der Waals surface area contributed by atoms with Gasteiger partial charge in [-0.2, -0.15) is 5.10 Å². The van der Waals surface area contributed by atoms with E-state index in [4.69, 9.17) is 0 Å². The molecule has 0 aliphatic carbocycles. The second-order valence-electron chi connectivity index (χ2n) is 5.38. The standard InChI is InChI=1S/C14H19N5O/c1-18-7-6-10(9-18)19(2)14(20)16-12-4-3-5-13-11(12)8-15-17-13/h3-5,8,10H,6-7,9H2,1-2H3,(H,15,17)(H,16,20). The minimum Gasteiger partial charge on any atom is -0.323 e. The van der Waals surface area contributed by atoms with E-state index in [0.717, 1.165) is 36.1 Å². The number of likely N-dealkylation sites (N-methyl/N-ethyl adjacent to an activating group) is 2. The van der Waals surface area contributed by atoms with Crippen LogP contribution in [0.3, 0.4) is 0 Å². The number of anilines is 1. The van der Waals surface area contributed by atoms with Gasteiger partial charge >= 0.3 is 6.03 Å². The van der Waals surface area contributed by atoms with Crippen LogP contribution < -0.4 is 5.32 Å². The largest absolute Gasteiger partial charge is 0.323 e. The molecule has 1 aromatic carbocycles. The number of hydrogen-bond acceptors (Lipinski definition) is 3. The zero-order valence-electron chi connectivity index (χ0n) is 11.8. The molecule has 1 aliphatic rings. The van der Waals surface area contributed by atoms with Gasteiger partial charge in [0, 0.05) is 25.0 Å². The Morgan fingerprint density at radius 1 is 1.55 bits per heavy atom. The van der Waals surface area contributed by atoms with Crippen LogP contribution >= 0.6 is 0 Å². The number of nitrogens with zero attached hydrogens (tertiary/aromatic N) is 3. The Morgan fingerprint density at radius 2 is 2.40 bits per heavy atom. The van der Waals surface area contributed by atoms with Gasteiger partial charge < -0.3 is 15.1 Å². The van der Waals surface area contributed by atoms with Crippen LogP contribution in [0, 0.1) is 0 Å². The van der Waals surface area contributed by atoms with Crippen molar-refractivity contribution in [1.29, 1.82) is 0 Å². The van der Waals surface area contributed by atoms with E-state index in [1.54, 1.807) is 11.1 Å². The second-order valence-corrected chi connectivity index (χ2v) is 5.38. The summed E-state index contributed by atoms with van der Waals surface area (Å²) in [5, 5.41) is 10.8. The van der Waals surface area contributed by atoms with Crippen molar-refractivity contribution in [3.8, 4) is 0 Å². The molecule has 20 heavy (non-hydrogen) atoms. The maximum Gasteiger partial charge on any atom is 0.321 e. The lowest BCUT2D eigenvalue weighted by molar-refractivity contribution is 0.204. The number of aromatic amines is 1. The maximum atomic E-state index is 12.3. The van der Waals surface area contributed by atoms with Gasteiger partial charge in [-0.1, -0.05) is 6.07 Å². The van der Waals surface area contributed by atoms with Crippen LogP contribution in [-0.4, -0.2) is 59.3 Å². The third kappa shape index (κ3) is 2.34. The molecule has 0 spiro atoms. The van der Waals surface area contributed by atoms with Crippen molar-refractivity contribution in [2.24, 2.45) is 0 Å². The SMILES string of the molecule is CN1CCC(N(C)C(=O)Nc2cccc3[nH]ncc23)C1. The van der Waals surface area contributed by atoms with Gasteiger partial charge in [-0.05, 0) is 32.1 Å². The average Bonchev–Trinajstić information content (AvgIpc) is 3.06. The molecule has 2 N–H and O–H groups in total. The average molecular weight is 273 g/mol. The summed E-state index contributed by atoms with van der Waals surface area (Å²) in [5.41, 5.74) is 1.71. The Hall–Kier alpha value is -2.08. The molecule has 0 radical (unpaired) electrons. The number of urea groups is 1. The topological polar surface area (TPSA) is 64.3 Å². The molecule has 1 aliphatic heterocycles. The van der Waals surface area contributed by atoms with Crippen molar-refractivity contribution in [1.82, 2.24) is 20.0 Å². The molecule has 2 aromatic rings. The number of carbonyl (C=O) groups is 1. The molecular weight excluding hydrogens is 254 g/mol. The summed E-state index contributed by atoms with van der Waals surface area (Å²) in [6, 6.07) is 5.94. The minimum atomic E-state index is -0.0704. The highest BCUT2D eigenvalue weighted by atomic mass is 16.2. The van der Waals surface area contributed by atoms with Crippen molar-refractivity contribution in [2.75, 3.05) is 32.5 Å². The summed E-state index contributed by atoms with van der Waals surface area (Å²) in [7, 11) is 3.94. The summed E-state index contributed by atoms with van der Waals surface area (Å²) in [6.45, 7) is 1.97. The Balaban J connectivity index is 1.74. The number of H-pyrrole nitrogens is 1. The van der Waals surface area contributed by atoms with E-state index in [9.17, 15) is 4.79 Å². The Bertz CT molecular complexity index is 623. The number of benzene rings is 1. The van der Waals surface area contributed by atoms with Gasteiger partial charge in [0.1, 0.15) is 0 Å². The highest BCUT2D eigenvalue weighted by Gasteiger charge is 2.26. The predicted molar refractivity (Wildman–Crippen MR) is 78.8 cm³/mol. The van der Waals surface area contributed by atoms with E-state index < -0.39 is 0 Å². The lowest BCUT2D eigenvalue weighted by Gasteiger charge is -2.24. The van der Waals surface area contributed by atoms with Crippen LogP contribution in [0.2, 0.25) is 0 Å². The first-order valence-corrected chi connectivity index (χ1v) is 6.79. The van der Waals surface area contributed by atoms with Gasteiger partial charge in [-0.3, -0.25) is 5.10 Å². The quantitative estimate of drug-likeness (QED) is 0.876. The van der Waals surface area contributed by atoms with E-state index >= 15 is 0 Å². The maximum absolute atomic E-state index is 12.3. The molecule has 1 fully saturated rings. The molecule has 106 valence electrons. The molecule has 6 nitrogen and oxygen atoms in total. The first-order valence-electron chi connectivity index (χ1n) is 6.79.